The molecular weight excluding hydrogens is 232 g/mol. The molecule has 1 aromatic heterocycles. The molecule has 1 rings (SSSR count). The summed E-state index contributed by atoms with van der Waals surface area (Å²) in [7, 11) is 1.53. The van der Waals surface area contributed by atoms with Gasteiger partial charge in [0.1, 0.15) is 6.04 Å². The number of nitrogens with zero attached hydrogens (tertiary/aromatic N) is 1. The van der Waals surface area contributed by atoms with Gasteiger partial charge in [-0.05, 0) is 19.4 Å². The van der Waals surface area contributed by atoms with E-state index >= 15 is 0 Å². The Kier molecular flexibility index (Phi) is 5.23. The summed E-state index contributed by atoms with van der Waals surface area (Å²) in [5.74, 6) is 0.822. The van der Waals surface area contributed by atoms with Gasteiger partial charge < -0.3 is 21.1 Å². The fourth-order valence-corrected chi connectivity index (χ4v) is 1.35. The number of nitrogens with two attached hydrogens (primary N) is 1. The SMILES string of the molecule is CCCNC(=O)C(C)Nc1nc(OC)ccc1N. The molecule has 1 unspecified atom stereocenters. The maximum absolute atomic E-state index is 11.7. The van der Waals surface area contributed by atoms with Gasteiger partial charge in [0.2, 0.25) is 11.8 Å². The quantitative estimate of drug-likeness (QED) is 0.702. The van der Waals surface area contributed by atoms with Gasteiger partial charge in [-0.1, -0.05) is 6.92 Å². The molecule has 0 aliphatic heterocycles. The van der Waals surface area contributed by atoms with E-state index in [0.29, 0.717) is 23.9 Å². The maximum atomic E-state index is 11.7. The summed E-state index contributed by atoms with van der Waals surface area (Å²) in [5.41, 5.74) is 6.26. The van der Waals surface area contributed by atoms with Crippen molar-refractivity contribution >= 4 is 17.4 Å². The van der Waals surface area contributed by atoms with Gasteiger partial charge in [0.05, 0.1) is 12.8 Å². The van der Waals surface area contributed by atoms with Gasteiger partial charge in [0.15, 0.2) is 5.82 Å². The molecule has 0 aliphatic rings. The van der Waals surface area contributed by atoms with Crippen LogP contribution in [0.25, 0.3) is 0 Å². The van der Waals surface area contributed by atoms with Crippen molar-refractivity contribution in [3.8, 4) is 5.88 Å². The predicted molar refractivity (Wildman–Crippen MR) is 71.6 cm³/mol. The van der Waals surface area contributed by atoms with Crippen LogP contribution in [0.2, 0.25) is 0 Å². The van der Waals surface area contributed by atoms with Gasteiger partial charge in [0, 0.05) is 12.6 Å². The second-order valence-electron chi connectivity index (χ2n) is 3.95. The van der Waals surface area contributed by atoms with Crippen LogP contribution in [0, 0.1) is 0 Å². The van der Waals surface area contributed by atoms with Gasteiger partial charge in [-0.25, -0.2) is 0 Å². The van der Waals surface area contributed by atoms with E-state index in [1.165, 1.54) is 7.11 Å². The molecule has 0 aromatic carbocycles. The molecule has 0 spiro atoms. The topological polar surface area (TPSA) is 89.3 Å². The summed E-state index contributed by atoms with van der Waals surface area (Å²) >= 11 is 0. The molecule has 18 heavy (non-hydrogen) atoms. The minimum atomic E-state index is -0.404. The molecule has 6 nitrogen and oxygen atoms in total. The molecule has 0 bridgehead atoms. The maximum Gasteiger partial charge on any atom is 0.242 e. The van der Waals surface area contributed by atoms with Gasteiger partial charge in [0.25, 0.3) is 0 Å². The first-order chi connectivity index (χ1) is 8.58. The van der Waals surface area contributed by atoms with Crippen molar-refractivity contribution in [1.82, 2.24) is 10.3 Å². The highest BCUT2D eigenvalue weighted by Crippen LogP contribution is 2.20. The van der Waals surface area contributed by atoms with Crippen LogP contribution in [-0.2, 0) is 4.79 Å². The molecule has 0 saturated heterocycles. The van der Waals surface area contributed by atoms with E-state index in [1.807, 2.05) is 6.92 Å². The van der Waals surface area contributed by atoms with Crippen LogP contribution in [0.5, 0.6) is 5.88 Å². The molecule has 1 aromatic rings. The van der Waals surface area contributed by atoms with E-state index in [9.17, 15) is 4.79 Å². The Morgan fingerprint density at radius 3 is 2.89 bits per heavy atom. The number of carbonyl (C=O) groups excluding carboxylic acids is 1. The van der Waals surface area contributed by atoms with Crippen LogP contribution < -0.4 is 21.1 Å². The Morgan fingerprint density at radius 2 is 2.28 bits per heavy atom. The zero-order valence-corrected chi connectivity index (χ0v) is 11.0. The lowest BCUT2D eigenvalue weighted by Crippen LogP contribution is -2.38. The average molecular weight is 252 g/mol. The third kappa shape index (κ3) is 3.80. The summed E-state index contributed by atoms with van der Waals surface area (Å²) < 4.78 is 5.01. The zero-order chi connectivity index (χ0) is 13.5. The van der Waals surface area contributed by atoms with Crippen LogP contribution in [0.15, 0.2) is 12.1 Å². The number of methoxy groups -OCH3 is 1. The van der Waals surface area contributed by atoms with Crippen LogP contribution >= 0.6 is 0 Å². The number of aromatic nitrogens is 1. The number of nitrogen functional groups attached to an aromatic ring is 1. The number of anilines is 2. The lowest BCUT2D eigenvalue weighted by Gasteiger charge is -2.16. The van der Waals surface area contributed by atoms with Gasteiger partial charge in [-0.3, -0.25) is 4.79 Å². The van der Waals surface area contributed by atoms with Crippen LogP contribution in [0.3, 0.4) is 0 Å². The smallest absolute Gasteiger partial charge is 0.242 e. The van der Waals surface area contributed by atoms with E-state index in [2.05, 4.69) is 15.6 Å². The lowest BCUT2D eigenvalue weighted by atomic mass is 10.3. The zero-order valence-electron chi connectivity index (χ0n) is 11.0. The minimum Gasteiger partial charge on any atom is -0.481 e. The number of pyridine rings is 1. The number of ether oxygens (including phenoxy) is 1. The number of hydrogen-bond acceptors (Lipinski definition) is 5. The van der Waals surface area contributed by atoms with E-state index < -0.39 is 6.04 Å². The third-order valence-corrected chi connectivity index (χ3v) is 2.41. The van der Waals surface area contributed by atoms with E-state index in [4.69, 9.17) is 10.5 Å². The fraction of sp³-hybridized carbons (Fsp3) is 0.500. The van der Waals surface area contributed by atoms with Crippen LogP contribution in [0.4, 0.5) is 11.5 Å². The number of hydrogen-bond donors (Lipinski definition) is 3. The molecule has 0 radical (unpaired) electrons. The highest BCUT2D eigenvalue weighted by molar-refractivity contribution is 5.84. The van der Waals surface area contributed by atoms with Gasteiger partial charge in [-0.2, -0.15) is 4.98 Å². The second kappa shape index (κ2) is 6.68. The Balaban J connectivity index is 2.68. The summed E-state index contributed by atoms with van der Waals surface area (Å²) in [5, 5.41) is 5.76. The van der Waals surface area contributed by atoms with E-state index in [0.717, 1.165) is 6.42 Å². The highest BCUT2D eigenvalue weighted by Gasteiger charge is 2.14. The monoisotopic (exact) mass is 252 g/mol. The molecule has 1 atom stereocenters. The third-order valence-electron chi connectivity index (χ3n) is 2.41. The van der Waals surface area contributed by atoms with Crippen molar-refractivity contribution in [1.29, 1.82) is 0 Å². The van der Waals surface area contributed by atoms with Crippen LogP contribution in [0.1, 0.15) is 20.3 Å². The Labute approximate surface area is 107 Å². The van der Waals surface area contributed by atoms with E-state index in [1.54, 1.807) is 19.1 Å². The van der Waals surface area contributed by atoms with E-state index in [-0.39, 0.29) is 5.91 Å². The first-order valence-corrected chi connectivity index (χ1v) is 5.93. The standard InChI is InChI=1S/C12H20N4O2/c1-4-7-14-12(17)8(2)15-11-9(13)5-6-10(16-11)18-3/h5-6,8H,4,7,13H2,1-3H3,(H,14,17)(H,15,16). The molecular formula is C12H20N4O2. The van der Waals surface area contributed by atoms with Crippen molar-refractivity contribution in [2.45, 2.75) is 26.3 Å². The predicted octanol–water partition coefficient (Wildman–Crippen LogP) is 0.999. The number of amides is 1. The first-order valence-electron chi connectivity index (χ1n) is 5.93. The molecule has 0 saturated carbocycles. The van der Waals surface area contributed by atoms with Gasteiger partial charge in [-0.15, -0.1) is 0 Å². The summed E-state index contributed by atoms with van der Waals surface area (Å²) in [4.78, 5) is 15.9. The van der Waals surface area contributed by atoms with Crippen molar-refractivity contribution < 1.29 is 9.53 Å². The Morgan fingerprint density at radius 1 is 1.56 bits per heavy atom. The molecule has 4 N–H and O–H groups in total. The van der Waals surface area contributed by atoms with Crippen molar-refractivity contribution in [3.63, 3.8) is 0 Å². The molecule has 6 heteroatoms. The summed E-state index contributed by atoms with van der Waals surface area (Å²) in [6.07, 6.45) is 0.901. The Hall–Kier alpha value is -1.98. The Bertz CT molecular complexity index is 409. The minimum absolute atomic E-state index is 0.0825. The largest absolute Gasteiger partial charge is 0.481 e. The van der Waals surface area contributed by atoms with Crippen LogP contribution in [-0.4, -0.2) is 30.6 Å². The average Bonchev–Trinajstić information content (AvgIpc) is 2.38. The number of rotatable bonds is 6. The molecule has 1 amide bonds. The van der Waals surface area contributed by atoms with Gasteiger partial charge >= 0.3 is 0 Å². The van der Waals surface area contributed by atoms with Crippen molar-refractivity contribution in [2.24, 2.45) is 0 Å². The molecule has 100 valence electrons. The fourth-order valence-electron chi connectivity index (χ4n) is 1.35. The molecule has 1 heterocycles. The highest BCUT2D eigenvalue weighted by atomic mass is 16.5. The normalized spacial score (nSPS) is 11.7. The lowest BCUT2D eigenvalue weighted by molar-refractivity contribution is -0.121. The summed E-state index contributed by atoms with van der Waals surface area (Å²) in [6, 6.07) is 2.95. The summed E-state index contributed by atoms with van der Waals surface area (Å²) in [6.45, 7) is 4.41. The molecule has 0 aliphatic carbocycles. The number of carbonyl (C=O) groups is 1. The van der Waals surface area contributed by atoms with Crippen molar-refractivity contribution in [3.05, 3.63) is 12.1 Å². The second-order valence-corrected chi connectivity index (χ2v) is 3.95. The van der Waals surface area contributed by atoms with Crippen molar-refractivity contribution in [2.75, 3.05) is 24.7 Å². The number of nitrogens with one attached hydrogen (secondary N) is 2. The first kappa shape index (κ1) is 14.1. The molecule has 0 fully saturated rings.